The summed E-state index contributed by atoms with van der Waals surface area (Å²) in [7, 11) is 5.08. The molecule has 0 aromatic heterocycles. The van der Waals surface area contributed by atoms with Gasteiger partial charge in [-0.15, -0.1) is 0 Å². The van der Waals surface area contributed by atoms with Crippen molar-refractivity contribution in [2.45, 2.75) is 12.5 Å². The standard InChI is InChI=1S/C25H28N2O6/c1-26-11-13-33-20-9-8-17(15-19(20)26)23(28)21-22(16-6-4-7-18(14-16)32-3)27(10-5-12-31-2)25(30)24(21)29/h4,6-9,14-15,22,28H,5,10-13H2,1-3H3/b23-21-. The molecule has 1 unspecified atom stereocenters. The fourth-order valence-corrected chi connectivity index (χ4v) is 4.30. The Kier molecular flexibility index (Phi) is 6.55. The number of Topliss-reactive ketones (excluding diaryl/α,β-unsaturated/α-hetero) is 1. The number of aliphatic hydroxyl groups is 1. The maximum Gasteiger partial charge on any atom is 0.295 e. The molecule has 8 nitrogen and oxygen atoms in total. The zero-order chi connectivity index (χ0) is 23.5. The SMILES string of the molecule is COCCCN1C(=O)C(=O)/C(=C(\O)c2ccc3c(c2)N(C)CCO3)C1c1cccc(OC)c1. The van der Waals surface area contributed by atoms with E-state index in [1.807, 2.05) is 18.0 Å². The van der Waals surface area contributed by atoms with Crippen LogP contribution >= 0.6 is 0 Å². The number of likely N-dealkylation sites (N-methyl/N-ethyl adjacent to an activating group) is 1. The first-order valence-electron chi connectivity index (χ1n) is 10.9. The highest BCUT2D eigenvalue weighted by atomic mass is 16.5. The number of rotatable bonds is 7. The van der Waals surface area contributed by atoms with E-state index in [0.29, 0.717) is 55.4 Å². The predicted octanol–water partition coefficient (Wildman–Crippen LogP) is 2.98. The fraction of sp³-hybridized carbons (Fsp3) is 0.360. The summed E-state index contributed by atoms with van der Waals surface area (Å²) in [4.78, 5) is 29.7. The summed E-state index contributed by atoms with van der Waals surface area (Å²) in [6.07, 6.45) is 0.561. The molecular weight excluding hydrogens is 424 g/mol. The smallest absolute Gasteiger partial charge is 0.295 e. The monoisotopic (exact) mass is 452 g/mol. The number of fused-ring (bicyclic) bond motifs is 1. The molecule has 4 rings (SSSR count). The largest absolute Gasteiger partial charge is 0.507 e. The Hall–Kier alpha value is -3.52. The number of carbonyl (C=O) groups is 2. The number of amides is 1. The van der Waals surface area contributed by atoms with E-state index < -0.39 is 17.7 Å². The van der Waals surface area contributed by atoms with Crippen LogP contribution in [-0.2, 0) is 14.3 Å². The van der Waals surface area contributed by atoms with Crippen LogP contribution in [0.1, 0.15) is 23.6 Å². The number of nitrogens with zero attached hydrogens (tertiary/aromatic N) is 2. The molecule has 0 spiro atoms. The molecule has 8 heteroatoms. The quantitative estimate of drug-likeness (QED) is 0.299. The average Bonchev–Trinajstić information content (AvgIpc) is 3.09. The van der Waals surface area contributed by atoms with Crippen molar-refractivity contribution in [2.24, 2.45) is 0 Å². The zero-order valence-electron chi connectivity index (χ0n) is 19.0. The van der Waals surface area contributed by atoms with Gasteiger partial charge in [-0.2, -0.15) is 0 Å². The van der Waals surface area contributed by atoms with Gasteiger partial charge in [0.1, 0.15) is 23.9 Å². The van der Waals surface area contributed by atoms with Crippen LogP contribution in [0, 0.1) is 0 Å². The average molecular weight is 453 g/mol. The minimum atomic E-state index is -0.734. The highest BCUT2D eigenvalue weighted by molar-refractivity contribution is 6.46. The Morgan fingerprint density at radius 2 is 2.00 bits per heavy atom. The van der Waals surface area contributed by atoms with Crippen LogP contribution in [-0.4, -0.2) is 69.3 Å². The second-order valence-electron chi connectivity index (χ2n) is 8.07. The minimum absolute atomic E-state index is 0.0602. The van der Waals surface area contributed by atoms with Gasteiger partial charge in [-0.25, -0.2) is 0 Å². The van der Waals surface area contributed by atoms with Gasteiger partial charge in [-0.1, -0.05) is 12.1 Å². The highest BCUT2D eigenvalue weighted by Gasteiger charge is 2.46. The third-order valence-corrected chi connectivity index (χ3v) is 6.02. The van der Waals surface area contributed by atoms with Crippen molar-refractivity contribution in [2.75, 3.05) is 52.5 Å². The Balaban J connectivity index is 1.83. The Bertz CT molecular complexity index is 1100. The number of methoxy groups -OCH3 is 2. The van der Waals surface area contributed by atoms with Gasteiger partial charge in [0, 0.05) is 32.9 Å². The van der Waals surface area contributed by atoms with Crippen LogP contribution in [0.4, 0.5) is 5.69 Å². The normalized spacial score (nSPS) is 19.4. The van der Waals surface area contributed by atoms with E-state index >= 15 is 0 Å². The van der Waals surface area contributed by atoms with Crippen LogP contribution in [0.15, 0.2) is 48.0 Å². The first-order chi connectivity index (χ1) is 16.0. The molecule has 2 aromatic rings. The van der Waals surface area contributed by atoms with E-state index in [4.69, 9.17) is 14.2 Å². The van der Waals surface area contributed by atoms with Gasteiger partial charge in [0.2, 0.25) is 0 Å². The summed E-state index contributed by atoms with van der Waals surface area (Å²) in [5, 5.41) is 11.3. The van der Waals surface area contributed by atoms with E-state index in [1.54, 1.807) is 50.6 Å². The molecule has 0 aliphatic carbocycles. The van der Waals surface area contributed by atoms with Crippen molar-refractivity contribution in [3.63, 3.8) is 0 Å². The lowest BCUT2D eigenvalue weighted by Gasteiger charge is -2.28. The number of carbonyl (C=O) groups excluding carboxylic acids is 2. The van der Waals surface area contributed by atoms with Crippen molar-refractivity contribution in [3.8, 4) is 11.5 Å². The number of ketones is 1. The number of ether oxygens (including phenoxy) is 3. The van der Waals surface area contributed by atoms with Crippen molar-refractivity contribution in [1.82, 2.24) is 4.90 Å². The van der Waals surface area contributed by atoms with Gasteiger partial charge in [0.25, 0.3) is 11.7 Å². The van der Waals surface area contributed by atoms with E-state index in [-0.39, 0.29) is 11.3 Å². The molecule has 1 atom stereocenters. The van der Waals surface area contributed by atoms with Crippen molar-refractivity contribution in [3.05, 3.63) is 59.2 Å². The maximum atomic E-state index is 13.1. The minimum Gasteiger partial charge on any atom is -0.507 e. The molecule has 1 amide bonds. The lowest BCUT2D eigenvalue weighted by molar-refractivity contribution is -0.140. The lowest BCUT2D eigenvalue weighted by Crippen LogP contribution is -2.31. The summed E-state index contributed by atoms with van der Waals surface area (Å²) >= 11 is 0. The van der Waals surface area contributed by atoms with Crippen LogP contribution < -0.4 is 14.4 Å². The second-order valence-corrected chi connectivity index (χ2v) is 8.07. The highest BCUT2D eigenvalue weighted by Crippen LogP contribution is 2.41. The van der Waals surface area contributed by atoms with E-state index in [2.05, 4.69) is 0 Å². The molecule has 0 bridgehead atoms. The molecule has 1 N–H and O–H groups in total. The Labute approximate surface area is 193 Å². The molecular formula is C25H28N2O6. The van der Waals surface area contributed by atoms with Crippen molar-refractivity contribution in [1.29, 1.82) is 0 Å². The Morgan fingerprint density at radius 1 is 1.18 bits per heavy atom. The van der Waals surface area contributed by atoms with E-state index in [9.17, 15) is 14.7 Å². The van der Waals surface area contributed by atoms with Gasteiger partial charge >= 0.3 is 0 Å². The van der Waals surface area contributed by atoms with Gasteiger partial charge in [-0.3, -0.25) is 9.59 Å². The van der Waals surface area contributed by atoms with Gasteiger partial charge in [-0.05, 0) is 42.3 Å². The summed E-state index contributed by atoms with van der Waals surface area (Å²) in [5.41, 5.74) is 2.02. The van der Waals surface area contributed by atoms with Crippen LogP contribution in [0.25, 0.3) is 5.76 Å². The lowest BCUT2D eigenvalue weighted by atomic mass is 9.94. The summed E-state index contributed by atoms with van der Waals surface area (Å²) in [6, 6.07) is 11.7. The number of hydrogen-bond acceptors (Lipinski definition) is 7. The topological polar surface area (TPSA) is 88.5 Å². The van der Waals surface area contributed by atoms with Crippen LogP contribution in [0.3, 0.4) is 0 Å². The number of benzene rings is 2. The molecule has 174 valence electrons. The molecule has 0 saturated carbocycles. The molecule has 2 aliphatic rings. The van der Waals surface area contributed by atoms with Gasteiger partial charge in [0.05, 0.1) is 31.0 Å². The number of anilines is 1. The summed E-state index contributed by atoms with van der Waals surface area (Å²) in [5.74, 6) is -0.247. The third-order valence-electron chi connectivity index (χ3n) is 6.02. The summed E-state index contributed by atoms with van der Waals surface area (Å²) < 4.78 is 16.2. The molecule has 33 heavy (non-hydrogen) atoms. The number of likely N-dealkylation sites (tertiary alicyclic amines) is 1. The van der Waals surface area contributed by atoms with Gasteiger partial charge < -0.3 is 29.1 Å². The summed E-state index contributed by atoms with van der Waals surface area (Å²) in [6.45, 7) is 2.06. The fourth-order valence-electron chi connectivity index (χ4n) is 4.30. The van der Waals surface area contributed by atoms with Crippen LogP contribution in [0.5, 0.6) is 11.5 Å². The number of aliphatic hydroxyl groups excluding tert-OH is 1. The van der Waals surface area contributed by atoms with Crippen molar-refractivity contribution >= 4 is 23.1 Å². The van der Waals surface area contributed by atoms with Crippen LogP contribution in [0.2, 0.25) is 0 Å². The second kappa shape index (κ2) is 9.54. The first-order valence-corrected chi connectivity index (χ1v) is 10.9. The molecule has 0 radical (unpaired) electrons. The zero-order valence-corrected chi connectivity index (χ0v) is 19.0. The van der Waals surface area contributed by atoms with Crippen molar-refractivity contribution < 1.29 is 28.9 Å². The van der Waals surface area contributed by atoms with E-state index in [0.717, 1.165) is 5.69 Å². The molecule has 2 heterocycles. The number of hydrogen-bond donors (Lipinski definition) is 1. The molecule has 2 aliphatic heterocycles. The van der Waals surface area contributed by atoms with Gasteiger partial charge in [0.15, 0.2) is 0 Å². The Morgan fingerprint density at radius 3 is 2.76 bits per heavy atom. The molecule has 1 fully saturated rings. The molecule has 2 aromatic carbocycles. The molecule has 1 saturated heterocycles. The maximum absolute atomic E-state index is 13.1. The third kappa shape index (κ3) is 4.26. The van der Waals surface area contributed by atoms with E-state index in [1.165, 1.54) is 4.90 Å². The predicted molar refractivity (Wildman–Crippen MR) is 124 cm³/mol. The first kappa shape index (κ1) is 22.7.